The Morgan fingerprint density at radius 2 is 2.30 bits per heavy atom. The van der Waals surface area contributed by atoms with Crippen LogP contribution in [0.2, 0.25) is 0 Å². The maximum atomic E-state index is 13.1. The van der Waals surface area contributed by atoms with Gasteiger partial charge in [0, 0.05) is 25.6 Å². The van der Waals surface area contributed by atoms with E-state index in [1.807, 2.05) is 17.9 Å². The number of benzene rings is 1. The highest BCUT2D eigenvalue weighted by molar-refractivity contribution is 5.85. The van der Waals surface area contributed by atoms with Gasteiger partial charge in [-0.1, -0.05) is 19.1 Å². The third-order valence-electron chi connectivity index (χ3n) is 3.57. The van der Waals surface area contributed by atoms with Crippen LogP contribution >= 0.6 is 12.4 Å². The third-order valence-corrected chi connectivity index (χ3v) is 3.57. The van der Waals surface area contributed by atoms with Gasteiger partial charge in [0.25, 0.3) is 0 Å². The quantitative estimate of drug-likeness (QED) is 0.928. The van der Waals surface area contributed by atoms with Crippen LogP contribution in [-0.2, 0) is 11.2 Å². The number of nitrogens with zero attached hydrogens (tertiary/aromatic N) is 1. The van der Waals surface area contributed by atoms with E-state index < -0.39 is 0 Å². The van der Waals surface area contributed by atoms with Gasteiger partial charge in [-0.2, -0.15) is 0 Å². The fourth-order valence-corrected chi connectivity index (χ4v) is 2.58. The van der Waals surface area contributed by atoms with Gasteiger partial charge in [-0.05, 0) is 36.5 Å². The molecule has 2 N–H and O–H groups in total. The first kappa shape index (κ1) is 16.9. The molecule has 0 spiro atoms. The van der Waals surface area contributed by atoms with E-state index in [1.54, 1.807) is 6.07 Å². The molecule has 1 aliphatic heterocycles. The molecule has 1 fully saturated rings. The molecule has 1 unspecified atom stereocenters. The summed E-state index contributed by atoms with van der Waals surface area (Å²) in [6.07, 6.45) is 2.12. The molecular formula is C15H22ClFN2O. The predicted molar refractivity (Wildman–Crippen MR) is 80.3 cm³/mol. The van der Waals surface area contributed by atoms with E-state index in [9.17, 15) is 9.18 Å². The summed E-state index contributed by atoms with van der Waals surface area (Å²) in [5.74, 6) is 0.157. The Hall–Kier alpha value is -1.13. The summed E-state index contributed by atoms with van der Waals surface area (Å²) in [7, 11) is 0. The van der Waals surface area contributed by atoms with Gasteiger partial charge in [0.15, 0.2) is 0 Å². The minimum atomic E-state index is -0.221. The monoisotopic (exact) mass is 300 g/mol. The van der Waals surface area contributed by atoms with Crippen LogP contribution in [0.25, 0.3) is 0 Å². The molecule has 2 rings (SSSR count). The van der Waals surface area contributed by atoms with Gasteiger partial charge in [0.1, 0.15) is 5.82 Å². The average Bonchev–Trinajstić information content (AvgIpc) is 2.75. The number of hydrogen-bond acceptors (Lipinski definition) is 2. The summed E-state index contributed by atoms with van der Waals surface area (Å²) >= 11 is 0. The zero-order valence-electron chi connectivity index (χ0n) is 11.7. The Labute approximate surface area is 125 Å². The van der Waals surface area contributed by atoms with Crippen LogP contribution in [0.5, 0.6) is 0 Å². The van der Waals surface area contributed by atoms with Crippen molar-refractivity contribution in [2.45, 2.75) is 32.2 Å². The predicted octanol–water partition coefficient (Wildman–Crippen LogP) is 2.38. The zero-order valence-corrected chi connectivity index (χ0v) is 12.5. The Bertz CT molecular complexity index is 455. The van der Waals surface area contributed by atoms with Crippen molar-refractivity contribution < 1.29 is 9.18 Å². The van der Waals surface area contributed by atoms with Crippen LogP contribution in [-0.4, -0.2) is 29.9 Å². The van der Waals surface area contributed by atoms with E-state index >= 15 is 0 Å². The molecule has 3 nitrogen and oxygen atoms in total. The number of carbonyl (C=O) groups is 1. The number of hydrogen-bond donors (Lipinski definition) is 1. The lowest BCUT2D eigenvalue weighted by Gasteiger charge is -2.18. The first-order valence-electron chi connectivity index (χ1n) is 6.82. The summed E-state index contributed by atoms with van der Waals surface area (Å²) in [6, 6.07) is 6.70. The lowest BCUT2D eigenvalue weighted by molar-refractivity contribution is -0.131. The Kier molecular flexibility index (Phi) is 6.43. The van der Waals surface area contributed by atoms with Crippen LogP contribution in [0.3, 0.4) is 0 Å². The molecule has 1 amide bonds. The van der Waals surface area contributed by atoms with E-state index in [4.69, 9.17) is 5.73 Å². The number of rotatable bonds is 4. The molecule has 5 heteroatoms. The molecule has 0 bridgehead atoms. The van der Waals surface area contributed by atoms with Crippen molar-refractivity contribution in [1.29, 1.82) is 0 Å². The molecule has 1 aromatic carbocycles. The van der Waals surface area contributed by atoms with Gasteiger partial charge in [-0.25, -0.2) is 4.39 Å². The van der Waals surface area contributed by atoms with Crippen LogP contribution in [0.4, 0.5) is 4.39 Å². The lowest BCUT2D eigenvalue weighted by atomic mass is 9.97. The summed E-state index contributed by atoms with van der Waals surface area (Å²) < 4.78 is 13.1. The second-order valence-corrected chi connectivity index (χ2v) is 5.53. The van der Waals surface area contributed by atoms with E-state index in [0.29, 0.717) is 13.0 Å². The molecular weight excluding hydrogens is 279 g/mol. The van der Waals surface area contributed by atoms with E-state index in [0.717, 1.165) is 24.9 Å². The van der Waals surface area contributed by atoms with Gasteiger partial charge in [-0.15, -0.1) is 12.4 Å². The van der Waals surface area contributed by atoms with Gasteiger partial charge in [0.05, 0.1) is 0 Å². The van der Waals surface area contributed by atoms with Crippen molar-refractivity contribution in [1.82, 2.24) is 4.90 Å². The van der Waals surface area contributed by atoms with E-state index in [1.165, 1.54) is 12.1 Å². The van der Waals surface area contributed by atoms with Crippen molar-refractivity contribution in [3.8, 4) is 0 Å². The second kappa shape index (κ2) is 7.60. The first-order valence-corrected chi connectivity index (χ1v) is 6.82. The maximum Gasteiger partial charge on any atom is 0.222 e. The Morgan fingerprint density at radius 1 is 1.55 bits per heavy atom. The van der Waals surface area contributed by atoms with Crippen LogP contribution in [0.15, 0.2) is 24.3 Å². The molecule has 112 valence electrons. The summed E-state index contributed by atoms with van der Waals surface area (Å²) in [5.41, 5.74) is 6.74. The second-order valence-electron chi connectivity index (χ2n) is 5.53. The van der Waals surface area contributed by atoms with Crippen molar-refractivity contribution >= 4 is 18.3 Å². The number of halogens is 2. The van der Waals surface area contributed by atoms with Gasteiger partial charge in [0.2, 0.25) is 5.91 Å². The highest BCUT2D eigenvalue weighted by Gasteiger charge is 2.24. The fraction of sp³-hybridized carbons (Fsp3) is 0.533. The highest BCUT2D eigenvalue weighted by atomic mass is 35.5. The fourth-order valence-electron chi connectivity index (χ4n) is 2.58. The molecule has 0 radical (unpaired) electrons. The smallest absolute Gasteiger partial charge is 0.222 e. The van der Waals surface area contributed by atoms with E-state index in [-0.39, 0.29) is 36.1 Å². The zero-order chi connectivity index (χ0) is 13.8. The number of carbonyl (C=O) groups excluding carboxylic acids is 1. The van der Waals surface area contributed by atoms with Crippen molar-refractivity contribution in [3.05, 3.63) is 35.6 Å². The molecule has 1 aliphatic rings. The highest BCUT2D eigenvalue weighted by Crippen LogP contribution is 2.16. The normalized spacial score (nSPS) is 19.6. The minimum absolute atomic E-state index is 0. The maximum absolute atomic E-state index is 13.1. The lowest BCUT2D eigenvalue weighted by Crippen LogP contribution is -2.32. The molecule has 1 saturated heterocycles. The van der Waals surface area contributed by atoms with Crippen molar-refractivity contribution in [3.63, 3.8) is 0 Å². The van der Waals surface area contributed by atoms with Crippen LogP contribution in [0, 0.1) is 11.7 Å². The molecule has 0 aliphatic carbocycles. The standard InChI is InChI=1S/C15H21FN2O.ClH/c1-11(7-12-3-2-4-13(16)9-12)8-15(19)18-6-5-14(17)10-18;/h2-4,9,11,14H,5-8,10,17H2,1H3;1H/t11?,14-;/m1./s1. The Morgan fingerprint density at radius 3 is 2.90 bits per heavy atom. The number of nitrogens with two attached hydrogens (primary N) is 1. The van der Waals surface area contributed by atoms with Crippen molar-refractivity contribution in [2.24, 2.45) is 11.7 Å². The van der Waals surface area contributed by atoms with Crippen LogP contribution in [0.1, 0.15) is 25.3 Å². The summed E-state index contributed by atoms with van der Waals surface area (Å²) in [4.78, 5) is 13.9. The largest absolute Gasteiger partial charge is 0.341 e. The average molecular weight is 301 g/mol. The minimum Gasteiger partial charge on any atom is -0.341 e. The van der Waals surface area contributed by atoms with Crippen LogP contribution < -0.4 is 5.73 Å². The van der Waals surface area contributed by atoms with E-state index in [2.05, 4.69) is 0 Å². The SMILES string of the molecule is CC(CC(=O)N1CC[C@@H](N)C1)Cc1cccc(F)c1.Cl. The molecule has 20 heavy (non-hydrogen) atoms. The molecule has 0 aromatic heterocycles. The molecule has 1 aromatic rings. The van der Waals surface area contributed by atoms with Crippen molar-refractivity contribution in [2.75, 3.05) is 13.1 Å². The number of amides is 1. The van der Waals surface area contributed by atoms with Gasteiger partial charge >= 0.3 is 0 Å². The topological polar surface area (TPSA) is 46.3 Å². The molecule has 0 saturated carbocycles. The van der Waals surface area contributed by atoms with Gasteiger partial charge in [-0.3, -0.25) is 4.79 Å². The number of likely N-dealkylation sites (tertiary alicyclic amines) is 1. The third kappa shape index (κ3) is 4.76. The van der Waals surface area contributed by atoms with Gasteiger partial charge < -0.3 is 10.6 Å². The molecule has 1 heterocycles. The Balaban J connectivity index is 0.00000200. The summed E-state index contributed by atoms with van der Waals surface area (Å²) in [5, 5.41) is 0. The molecule has 2 atom stereocenters. The first-order chi connectivity index (χ1) is 9.04. The summed E-state index contributed by atoms with van der Waals surface area (Å²) in [6.45, 7) is 3.47.